The monoisotopic (exact) mass is 393 g/mol. The van der Waals surface area contributed by atoms with Gasteiger partial charge >= 0.3 is 6.61 Å². The average Bonchev–Trinajstić information content (AvgIpc) is 2.67. The molecule has 0 N–H and O–H groups in total. The molecule has 0 radical (unpaired) electrons. The molecule has 1 atom stereocenters. The van der Waals surface area contributed by atoms with Crippen LogP contribution < -0.4 is 9.64 Å². The van der Waals surface area contributed by atoms with Crippen molar-refractivity contribution in [3.05, 3.63) is 30.0 Å². The van der Waals surface area contributed by atoms with Crippen molar-refractivity contribution >= 4 is 27.4 Å². The Morgan fingerprint density at radius 1 is 1.41 bits per heavy atom. The summed E-state index contributed by atoms with van der Waals surface area (Å²) in [6, 6.07) is 6.69. The van der Waals surface area contributed by atoms with E-state index in [-0.39, 0.29) is 10.5 Å². The molecule has 2 heterocycles. The molecule has 144 valence electrons. The van der Waals surface area contributed by atoms with Crippen molar-refractivity contribution in [2.45, 2.75) is 38.0 Å². The Morgan fingerprint density at radius 3 is 2.78 bits per heavy atom. The summed E-state index contributed by atoms with van der Waals surface area (Å²) >= 11 is 0. The van der Waals surface area contributed by atoms with E-state index >= 15 is 0 Å². The Morgan fingerprint density at radius 2 is 2.15 bits per heavy atom. The fourth-order valence-corrected chi connectivity index (χ4v) is 5.41. The van der Waals surface area contributed by atoms with Crippen LogP contribution >= 0.6 is 0 Å². The van der Waals surface area contributed by atoms with Gasteiger partial charge in [0.25, 0.3) is 0 Å². The molecule has 2 aromatic rings. The number of pyridine rings is 1. The maximum absolute atomic E-state index is 12.7. The van der Waals surface area contributed by atoms with Gasteiger partial charge in [-0.2, -0.15) is 14.0 Å². The van der Waals surface area contributed by atoms with Gasteiger partial charge in [0.15, 0.2) is 0 Å². The number of anilines is 1. The second kappa shape index (κ2) is 7.77. The highest BCUT2D eigenvalue weighted by molar-refractivity contribution is 7.86. The van der Waals surface area contributed by atoms with Crippen LogP contribution in [-0.2, 0) is 10.8 Å². The summed E-state index contributed by atoms with van der Waals surface area (Å²) < 4.78 is 42.1. The van der Waals surface area contributed by atoms with Crippen LogP contribution in [0.25, 0.3) is 10.9 Å². The Labute approximate surface area is 159 Å². The van der Waals surface area contributed by atoms with Gasteiger partial charge < -0.3 is 9.64 Å². The number of hydrogen-bond acceptors (Lipinski definition) is 5. The second-order valence-electron chi connectivity index (χ2n) is 6.55. The fourth-order valence-electron chi connectivity index (χ4n) is 3.65. The van der Waals surface area contributed by atoms with Gasteiger partial charge in [-0.3, -0.25) is 9.19 Å². The zero-order valence-corrected chi connectivity index (χ0v) is 16.1. The minimum atomic E-state index is -2.93. The van der Waals surface area contributed by atoms with Crippen molar-refractivity contribution in [3.8, 4) is 11.8 Å². The smallest absolute Gasteiger partial charge is 0.387 e. The highest BCUT2D eigenvalue weighted by Gasteiger charge is 2.39. The third kappa shape index (κ3) is 3.61. The number of fused-ring (bicyclic) bond motifs is 1. The SMILES string of the molecule is CCC1(CC)CN(c2c(C#N)cnc3ccc(OC(F)F)cc23)CCS1=O. The lowest BCUT2D eigenvalue weighted by molar-refractivity contribution is -0.0497. The zero-order valence-electron chi connectivity index (χ0n) is 15.2. The molecule has 1 unspecified atom stereocenters. The van der Waals surface area contributed by atoms with Gasteiger partial charge in [-0.05, 0) is 31.0 Å². The van der Waals surface area contributed by atoms with E-state index in [1.54, 1.807) is 6.07 Å². The summed E-state index contributed by atoms with van der Waals surface area (Å²) in [4.78, 5) is 6.31. The van der Waals surface area contributed by atoms with Gasteiger partial charge in [-0.1, -0.05) is 13.8 Å². The number of rotatable bonds is 5. The van der Waals surface area contributed by atoms with E-state index < -0.39 is 17.4 Å². The molecule has 0 amide bonds. The average molecular weight is 393 g/mol. The van der Waals surface area contributed by atoms with Crippen molar-refractivity contribution in [2.75, 3.05) is 23.7 Å². The summed E-state index contributed by atoms with van der Waals surface area (Å²) in [7, 11) is -0.950. The lowest BCUT2D eigenvalue weighted by atomic mass is 9.99. The number of halogens is 2. The van der Waals surface area contributed by atoms with Crippen LogP contribution in [0.1, 0.15) is 32.3 Å². The van der Waals surface area contributed by atoms with Crippen LogP contribution in [0.5, 0.6) is 5.75 Å². The summed E-state index contributed by atoms with van der Waals surface area (Å²) in [6.07, 6.45) is 3.02. The van der Waals surface area contributed by atoms with Crippen LogP contribution in [0, 0.1) is 11.3 Å². The minimum Gasteiger partial charge on any atom is -0.435 e. The van der Waals surface area contributed by atoms with Crippen LogP contribution in [0.2, 0.25) is 0 Å². The summed E-state index contributed by atoms with van der Waals surface area (Å²) in [5, 5.41) is 10.2. The Hall–Kier alpha value is -2.27. The van der Waals surface area contributed by atoms with E-state index in [0.717, 1.165) is 12.8 Å². The van der Waals surface area contributed by atoms with Crippen molar-refractivity contribution in [3.63, 3.8) is 0 Å². The summed E-state index contributed by atoms with van der Waals surface area (Å²) in [5.41, 5.74) is 1.60. The second-order valence-corrected chi connectivity index (χ2v) is 8.52. The quantitative estimate of drug-likeness (QED) is 0.772. The summed E-state index contributed by atoms with van der Waals surface area (Å²) in [5.74, 6) is 0.525. The molecule has 1 aromatic heterocycles. The molecule has 0 spiro atoms. The van der Waals surface area contributed by atoms with Crippen molar-refractivity contribution in [1.82, 2.24) is 4.98 Å². The molecule has 1 aliphatic rings. The zero-order chi connectivity index (χ0) is 19.6. The van der Waals surface area contributed by atoms with Crippen LogP contribution in [0.15, 0.2) is 24.4 Å². The fraction of sp³-hybridized carbons (Fsp3) is 0.474. The molecule has 3 rings (SSSR count). The Kier molecular flexibility index (Phi) is 5.61. The number of alkyl halides is 2. The van der Waals surface area contributed by atoms with E-state index in [2.05, 4.69) is 15.8 Å². The first-order valence-electron chi connectivity index (χ1n) is 8.85. The van der Waals surface area contributed by atoms with Crippen molar-refractivity contribution < 1.29 is 17.7 Å². The van der Waals surface area contributed by atoms with E-state index in [0.29, 0.717) is 41.0 Å². The van der Waals surface area contributed by atoms with Crippen molar-refractivity contribution in [1.29, 1.82) is 5.26 Å². The predicted octanol–water partition coefficient (Wildman–Crippen LogP) is 3.84. The first-order valence-corrected chi connectivity index (χ1v) is 10.2. The maximum Gasteiger partial charge on any atom is 0.387 e. The number of nitriles is 1. The number of aromatic nitrogens is 1. The predicted molar refractivity (Wildman–Crippen MR) is 102 cm³/mol. The molecule has 27 heavy (non-hydrogen) atoms. The molecule has 0 aliphatic carbocycles. The van der Waals surface area contributed by atoms with Crippen LogP contribution in [0.3, 0.4) is 0 Å². The molecule has 1 aliphatic heterocycles. The Bertz CT molecular complexity index is 910. The van der Waals surface area contributed by atoms with E-state index in [1.165, 1.54) is 18.3 Å². The molecular formula is C19H21F2N3O2S. The van der Waals surface area contributed by atoms with Crippen molar-refractivity contribution in [2.24, 2.45) is 0 Å². The highest BCUT2D eigenvalue weighted by Crippen LogP contribution is 2.37. The standard InChI is InChI=1S/C19H21F2N3O2S/c1-3-19(4-2)12-24(7-8-27(19)25)17-13(10-22)11-23-16-6-5-14(9-15(16)17)26-18(20)21/h5-6,9,11,18H,3-4,7-8,12H2,1-2H3. The summed E-state index contributed by atoms with van der Waals surface area (Å²) in [6.45, 7) is 2.19. The van der Waals surface area contributed by atoms with Gasteiger partial charge in [-0.25, -0.2) is 0 Å². The molecule has 0 bridgehead atoms. The maximum atomic E-state index is 12.7. The minimum absolute atomic E-state index is 0.0217. The molecule has 0 saturated carbocycles. The lowest BCUT2D eigenvalue weighted by Gasteiger charge is -2.42. The number of benzene rings is 1. The van der Waals surface area contributed by atoms with Gasteiger partial charge in [0.05, 0.1) is 21.5 Å². The van der Waals surface area contributed by atoms with Gasteiger partial charge in [-0.15, -0.1) is 0 Å². The largest absolute Gasteiger partial charge is 0.435 e. The molecule has 1 saturated heterocycles. The number of nitrogens with zero attached hydrogens (tertiary/aromatic N) is 3. The molecule has 1 fully saturated rings. The third-order valence-corrected chi connectivity index (χ3v) is 7.50. The number of ether oxygens (including phenoxy) is 1. The molecule has 8 heteroatoms. The van der Waals surface area contributed by atoms with Crippen LogP contribution in [-0.4, -0.2) is 39.4 Å². The topological polar surface area (TPSA) is 66.2 Å². The highest BCUT2D eigenvalue weighted by atomic mass is 32.2. The molecule has 5 nitrogen and oxygen atoms in total. The Balaban J connectivity index is 2.14. The molecule has 1 aromatic carbocycles. The first kappa shape index (κ1) is 19.5. The first-order chi connectivity index (χ1) is 12.9. The van der Waals surface area contributed by atoms with Gasteiger partial charge in [0.2, 0.25) is 0 Å². The van der Waals surface area contributed by atoms with Crippen LogP contribution in [0.4, 0.5) is 14.5 Å². The normalized spacial score (nSPS) is 19.3. The van der Waals surface area contributed by atoms with E-state index in [9.17, 15) is 18.3 Å². The third-order valence-electron chi connectivity index (χ3n) is 5.27. The number of hydrogen-bond donors (Lipinski definition) is 0. The van der Waals surface area contributed by atoms with E-state index in [1.807, 2.05) is 18.7 Å². The lowest BCUT2D eigenvalue weighted by Crippen LogP contribution is -2.53. The van der Waals surface area contributed by atoms with Gasteiger partial charge in [0, 0.05) is 41.2 Å². The molecular weight excluding hydrogens is 372 g/mol. The van der Waals surface area contributed by atoms with E-state index in [4.69, 9.17) is 0 Å². The van der Waals surface area contributed by atoms with Gasteiger partial charge in [0.1, 0.15) is 11.8 Å².